The summed E-state index contributed by atoms with van der Waals surface area (Å²) < 4.78 is 0. The molecule has 0 amide bonds. The molecule has 1 aliphatic carbocycles. The fourth-order valence-corrected chi connectivity index (χ4v) is 3.71. The van der Waals surface area contributed by atoms with Crippen LogP contribution in [-0.2, 0) is 6.42 Å². The van der Waals surface area contributed by atoms with Crippen LogP contribution in [0.3, 0.4) is 0 Å². The Morgan fingerprint density at radius 3 is 2.57 bits per heavy atom. The van der Waals surface area contributed by atoms with E-state index in [1.807, 2.05) is 0 Å². The lowest BCUT2D eigenvalue weighted by atomic mass is 9.89. The molecule has 0 aliphatic heterocycles. The van der Waals surface area contributed by atoms with Crippen LogP contribution >= 0.6 is 0 Å². The van der Waals surface area contributed by atoms with E-state index in [1.165, 1.54) is 68.9 Å². The molecule has 118 valence electrons. The van der Waals surface area contributed by atoms with Gasteiger partial charge >= 0.3 is 0 Å². The Hall–Kier alpha value is -0.820. The number of rotatable bonds is 7. The van der Waals surface area contributed by atoms with Crippen molar-refractivity contribution in [1.82, 2.24) is 5.32 Å². The molecule has 1 unspecified atom stereocenters. The maximum Gasteiger partial charge on any atom is 0.0110 e. The predicted octanol–water partition coefficient (Wildman–Crippen LogP) is 5.27. The van der Waals surface area contributed by atoms with Gasteiger partial charge in [0.25, 0.3) is 0 Å². The molecule has 1 aromatic carbocycles. The molecule has 0 radical (unpaired) electrons. The molecular formula is C20H33N. The average molecular weight is 287 g/mol. The second kappa shape index (κ2) is 9.25. The summed E-state index contributed by atoms with van der Waals surface area (Å²) in [5.41, 5.74) is 2.88. The van der Waals surface area contributed by atoms with E-state index in [2.05, 4.69) is 43.4 Å². The summed E-state index contributed by atoms with van der Waals surface area (Å²) in [7, 11) is 0. The maximum atomic E-state index is 3.81. The van der Waals surface area contributed by atoms with Crippen LogP contribution in [0.25, 0.3) is 0 Å². The number of aryl methyl sites for hydroxylation is 1. The Labute approximate surface area is 131 Å². The largest absolute Gasteiger partial charge is 0.314 e. The Morgan fingerprint density at radius 1 is 1.14 bits per heavy atom. The van der Waals surface area contributed by atoms with E-state index in [4.69, 9.17) is 0 Å². The van der Waals surface area contributed by atoms with E-state index in [0.29, 0.717) is 6.04 Å². The first-order valence-electron chi connectivity index (χ1n) is 9.07. The van der Waals surface area contributed by atoms with Crippen molar-refractivity contribution in [1.29, 1.82) is 0 Å². The molecule has 0 aromatic heterocycles. The van der Waals surface area contributed by atoms with Gasteiger partial charge in [0.15, 0.2) is 0 Å². The Morgan fingerprint density at radius 2 is 1.90 bits per heavy atom. The van der Waals surface area contributed by atoms with Gasteiger partial charge in [-0.25, -0.2) is 0 Å². The van der Waals surface area contributed by atoms with Gasteiger partial charge < -0.3 is 5.32 Å². The molecule has 0 bridgehead atoms. The minimum atomic E-state index is 0.662. The molecule has 21 heavy (non-hydrogen) atoms. The normalized spacial score (nSPS) is 18.4. The highest BCUT2D eigenvalue weighted by molar-refractivity contribution is 5.23. The summed E-state index contributed by atoms with van der Waals surface area (Å²) in [6.45, 7) is 5.62. The predicted molar refractivity (Wildman–Crippen MR) is 92.8 cm³/mol. The number of hydrogen-bond donors (Lipinski definition) is 1. The van der Waals surface area contributed by atoms with Crippen molar-refractivity contribution in [2.24, 2.45) is 5.92 Å². The molecule has 1 heteroatoms. The van der Waals surface area contributed by atoms with E-state index < -0.39 is 0 Å². The number of benzene rings is 1. The molecule has 1 aromatic rings. The fourth-order valence-electron chi connectivity index (χ4n) is 3.71. The molecule has 1 atom stereocenters. The summed E-state index contributed by atoms with van der Waals surface area (Å²) in [6.07, 6.45) is 12.5. The van der Waals surface area contributed by atoms with Gasteiger partial charge in [-0.05, 0) is 44.2 Å². The van der Waals surface area contributed by atoms with Crippen LogP contribution in [0.15, 0.2) is 24.3 Å². The zero-order chi connectivity index (χ0) is 14.9. The zero-order valence-corrected chi connectivity index (χ0v) is 14.0. The van der Waals surface area contributed by atoms with E-state index in [-0.39, 0.29) is 0 Å². The first kappa shape index (κ1) is 16.5. The molecule has 0 saturated heterocycles. The standard InChI is InChI=1S/C20H33N/c1-3-13-21-20(15-18-10-6-4-5-7-11-18)16-19-12-8-9-17(2)14-19/h8-9,12,14,18,20-21H,3-7,10-11,13,15-16H2,1-2H3. The van der Waals surface area contributed by atoms with Crippen molar-refractivity contribution in [3.05, 3.63) is 35.4 Å². The molecule has 1 fully saturated rings. The molecule has 0 heterocycles. The van der Waals surface area contributed by atoms with E-state index >= 15 is 0 Å². The monoisotopic (exact) mass is 287 g/mol. The van der Waals surface area contributed by atoms with Crippen LogP contribution in [0.2, 0.25) is 0 Å². The van der Waals surface area contributed by atoms with Gasteiger partial charge in [0.05, 0.1) is 0 Å². The Kier molecular flexibility index (Phi) is 7.29. The Bertz CT molecular complexity index is 391. The van der Waals surface area contributed by atoms with Gasteiger partial charge in [0.2, 0.25) is 0 Å². The third kappa shape index (κ3) is 6.22. The summed E-state index contributed by atoms with van der Waals surface area (Å²) in [4.78, 5) is 0. The molecule has 2 rings (SSSR count). The minimum Gasteiger partial charge on any atom is -0.314 e. The van der Waals surface area contributed by atoms with Crippen LogP contribution in [0, 0.1) is 12.8 Å². The van der Waals surface area contributed by atoms with E-state index in [9.17, 15) is 0 Å². The highest BCUT2D eigenvalue weighted by atomic mass is 14.9. The van der Waals surface area contributed by atoms with Crippen LogP contribution in [0.5, 0.6) is 0 Å². The number of nitrogens with one attached hydrogen (secondary N) is 1. The maximum absolute atomic E-state index is 3.81. The summed E-state index contributed by atoms with van der Waals surface area (Å²) >= 11 is 0. The van der Waals surface area contributed by atoms with Crippen LogP contribution in [0.1, 0.15) is 69.4 Å². The van der Waals surface area contributed by atoms with Crippen molar-refractivity contribution < 1.29 is 0 Å². The second-order valence-electron chi connectivity index (χ2n) is 6.94. The van der Waals surface area contributed by atoms with Crippen molar-refractivity contribution in [2.45, 2.75) is 77.7 Å². The average Bonchev–Trinajstić information content (AvgIpc) is 2.73. The SMILES string of the molecule is CCCNC(Cc1cccc(C)c1)CC1CCCCCC1. The molecule has 1 aliphatic rings. The molecule has 1 saturated carbocycles. The Balaban J connectivity index is 1.92. The first-order valence-corrected chi connectivity index (χ1v) is 9.07. The first-order chi connectivity index (χ1) is 10.3. The van der Waals surface area contributed by atoms with Gasteiger partial charge in [0, 0.05) is 6.04 Å². The minimum absolute atomic E-state index is 0.662. The van der Waals surface area contributed by atoms with Crippen molar-refractivity contribution in [3.8, 4) is 0 Å². The van der Waals surface area contributed by atoms with Gasteiger partial charge in [0.1, 0.15) is 0 Å². The van der Waals surface area contributed by atoms with Gasteiger partial charge in [-0.3, -0.25) is 0 Å². The summed E-state index contributed by atoms with van der Waals surface area (Å²) in [6, 6.07) is 9.71. The molecule has 0 spiro atoms. The van der Waals surface area contributed by atoms with Crippen molar-refractivity contribution in [2.75, 3.05) is 6.54 Å². The smallest absolute Gasteiger partial charge is 0.0110 e. The number of hydrogen-bond acceptors (Lipinski definition) is 1. The lowest BCUT2D eigenvalue weighted by Crippen LogP contribution is -2.33. The van der Waals surface area contributed by atoms with E-state index in [1.54, 1.807) is 0 Å². The van der Waals surface area contributed by atoms with Crippen LogP contribution in [0.4, 0.5) is 0 Å². The van der Waals surface area contributed by atoms with Crippen molar-refractivity contribution >= 4 is 0 Å². The second-order valence-corrected chi connectivity index (χ2v) is 6.94. The highest BCUT2D eigenvalue weighted by Gasteiger charge is 2.18. The van der Waals surface area contributed by atoms with Crippen LogP contribution in [-0.4, -0.2) is 12.6 Å². The lowest BCUT2D eigenvalue weighted by molar-refractivity contribution is 0.349. The fraction of sp³-hybridized carbons (Fsp3) is 0.700. The van der Waals surface area contributed by atoms with Gasteiger partial charge in [-0.15, -0.1) is 0 Å². The molecule has 1 nitrogen and oxygen atoms in total. The third-order valence-electron chi connectivity index (χ3n) is 4.84. The zero-order valence-electron chi connectivity index (χ0n) is 14.0. The van der Waals surface area contributed by atoms with E-state index in [0.717, 1.165) is 12.5 Å². The highest BCUT2D eigenvalue weighted by Crippen LogP contribution is 2.27. The summed E-state index contributed by atoms with van der Waals surface area (Å²) in [5.74, 6) is 0.951. The summed E-state index contributed by atoms with van der Waals surface area (Å²) in [5, 5.41) is 3.81. The molecule has 1 N–H and O–H groups in total. The topological polar surface area (TPSA) is 12.0 Å². The van der Waals surface area contributed by atoms with Crippen LogP contribution < -0.4 is 5.32 Å². The lowest BCUT2D eigenvalue weighted by Gasteiger charge is -2.24. The van der Waals surface area contributed by atoms with Gasteiger partial charge in [-0.1, -0.05) is 75.3 Å². The molecular weight excluding hydrogens is 254 g/mol. The van der Waals surface area contributed by atoms with Gasteiger partial charge in [-0.2, -0.15) is 0 Å². The quantitative estimate of drug-likeness (QED) is 0.674. The third-order valence-corrected chi connectivity index (χ3v) is 4.84. The van der Waals surface area contributed by atoms with Crippen molar-refractivity contribution in [3.63, 3.8) is 0 Å².